The lowest BCUT2D eigenvalue weighted by atomic mass is 10.2. The number of benzene rings is 2. The minimum absolute atomic E-state index is 0. The van der Waals surface area contributed by atoms with E-state index in [4.69, 9.17) is 9.47 Å². The van der Waals surface area contributed by atoms with Crippen molar-refractivity contribution in [1.29, 1.82) is 0 Å². The molecule has 2 aromatic carbocycles. The van der Waals surface area contributed by atoms with Crippen LogP contribution in [0.25, 0.3) is 0 Å². The second-order valence-corrected chi connectivity index (χ2v) is 5.98. The largest absolute Gasteiger partial charge is 0.493 e. The fourth-order valence-electron chi connectivity index (χ4n) is 2.46. The summed E-state index contributed by atoms with van der Waals surface area (Å²) < 4.78 is 24.5. The molecule has 2 N–H and O–H groups in total. The van der Waals surface area contributed by atoms with Crippen LogP contribution in [0.2, 0.25) is 0 Å². The minimum atomic E-state index is -0.223. The third-order valence-electron chi connectivity index (χ3n) is 3.83. The third-order valence-corrected chi connectivity index (χ3v) is 3.83. The standard InChI is InChI=1S/C21H28FN3O2.HI/c1-3-23-21(25-16-18-9-4-5-11-20(18)22)24-15-17-8-6-10-19(14-17)27-13-7-12-26-2;/h4-6,8-11,14H,3,7,12-13,15-16H2,1-2H3,(H2,23,24,25);1H. The topological polar surface area (TPSA) is 54.9 Å². The van der Waals surface area contributed by atoms with Gasteiger partial charge in [-0.3, -0.25) is 0 Å². The number of aliphatic imine (C=N–C) groups is 1. The SMILES string of the molecule is CCNC(=NCc1cccc(OCCCOC)c1)NCc1ccccc1F.I. The first-order chi connectivity index (χ1) is 13.2. The summed E-state index contributed by atoms with van der Waals surface area (Å²) in [4.78, 5) is 4.58. The van der Waals surface area contributed by atoms with Crippen LogP contribution in [0.15, 0.2) is 53.5 Å². The predicted octanol–water partition coefficient (Wildman–Crippen LogP) is 4.11. The van der Waals surface area contributed by atoms with Crippen molar-refractivity contribution in [3.8, 4) is 5.75 Å². The van der Waals surface area contributed by atoms with E-state index >= 15 is 0 Å². The van der Waals surface area contributed by atoms with Crippen molar-refractivity contribution in [1.82, 2.24) is 10.6 Å². The summed E-state index contributed by atoms with van der Waals surface area (Å²) in [5, 5.41) is 6.34. The molecule has 0 amide bonds. The minimum Gasteiger partial charge on any atom is -0.493 e. The van der Waals surface area contributed by atoms with Gasteiger partial charge < -0.3 is 20.1 Å². The van der Waals surface area contributed by atoms with Crippen molar-refractivity contribution in [3.05, 3.63) is 65.5 Å². The highest BCUT2D eigenvalue weighted by Crippen LogP contribution is 2.14. The second-order valence-electron chi connectivity index (χ2n) is 5.98. The van der Waals surface area contributed by atoms with Crippen molar-refractivity contribution in [2.75, 3.05) is 26.9 Å². The first kappa shape index (κ1) is 24.2. The molecule has 0 radical (unpaired) electrons. The Balaban J connectivity index is 0.00000392. The summed E-state index contributed by atoms with van der Waals surface area (Å²) in [6, 6.07) is 14.6. The van der Waals surface area contributed by atoms with E-state index in [1.165, 1.54) is 6.07 Å². The summed E-state index contributed by atoms with van der Waals surface area (Å²) in [5.74, 6) is 1.24. The molecule has 0 atom stereocenters. The van der Waals surface area contributed by atoms with Crippen LogP contribution in [0.5, 0.6) is 5.75 Å². The highest BCUT2D eigenvalue weighted by Gasteiger charge is 2.03. The number of halogens is 2. The van der Waals surface area contributed by atoms with Crippen LogP contribution in [0, 0.1) is 5.82 Å². The molecule has 0 saturated heterocycles. The lowest BCUT2D eigenvalue weighted by Crippen LogP contribution is -2.37. The van der Waals surface area contributed by atoms with Gasteiger partial charge in [-0.05, 0) is 30.7 Å². The third kappa shape index (κ3) is 8.88. The molecule has 0 saturated carbocycles. The molecule has 154 valence electrons. The zero-order valence-corrected chi connectivity index (χ0v) is 18.7. The Morgan fingerprint density at radius 1 is 1.07 bits per heavy atom. The van der Waals surface area contributed by atoms with Crippen molar-refractivity contribution >= 4 is 29.9 Å². The van der Waals surface area contributed by atoms with E-state index in [9.17, 15) is 4.39 Å². The fourth-order valence-corrected chi connectivity index (χ4v) is 2.46. The molecular formula is C21H29FIN3O2. The molecule has 0 aromatic heterocycles. The molecule has 0 bridgehead atoms. The first-order valence-corrected chi connectivity index (χ1v) is 9.19. The van der Waals surface area contributed by atoms with Crippen molar-refractivity contribution in [2.24, 2.45) is 4.99 Å². The van der Waals surface area contributed by atoms with Gasteiger partial charge in [-0.2, -0.15) is 0 Å². The molecule has 0 unspecified atom stereocenters. The van der Waals surface area contributed by atoms with Crippen LogP contribution in [-0.2, 0) is 17.8 Å². The van der Waals surface area contributed by atoms with Crippen LogP contribution in [0.1, 0.15) is 24.5 Å². The molecular weight excluding hydrogens is 472 g/mol. The maximum Gasteiger partial charge on any atom is 0.191 e. The Hall–Kier alpha value is -1.87. The van der Waals surface area contributed by atoms with Gasteiger partial charge in [0.25, 0.3) is 0 Å². The normalized spacial score (nSPS) is 10.9. The van der Waals surface area contributed by atoms with Gasteiger partial charge in [0.2, 0.25) is 0 Å². The lowest BCUT2D eigenvalue weighted by Gasteiger charge is -2.12. The molecule has 2 aromatic rings. The van der Waals surface area contributed by atoms with Gasteiger partial charge in [0.05, 0.1) is 13.2 Å². The van der Waals surface area contributed by atoms with E-state index in [2.05, 4.69) is 15.6 Å². The van der Waals surface area contributed by atoms with Gasteiger partial charge in [-0.25, -0.2) is 9.38 Å². The summed E-state index contributed by atoms with van der Waals surface area (Å²) in [6.45, 7) is 4.90. The molecule has 2 rings (SSSR count). The summed E-state index contributed by atoms with van der Waals surface area (Å²) >= 11 is 0. The first-order valence-electron chi connectivity index (χ1n) is 9.19. The Bertz CT molecular complexity index is 728. The van der Waals surface area contributed by atoms with E-state index < -0.39 is 0 Å². The van der Waals surface area contributed by atoms with Crippen molar-refractivity contribution in [2.45, 2.75) is 26.4 Å². The Morgan fingerprint density at radius 3 is 2.64 bits per heavy atom. The van der Waals surface area contributed by atoms with E-state index in [0.29, 0.717) is 37.8 Å². The number of rotatable bonds is 10. The number of hydrogen-bond acceptors (Lipinski definition) is 3. The highest BCUT2D eigenvalue weighted by atomic mass is 127. The number of methoxy groups -OCH3 is 1. The maximum absolute atomic E-state index is 13.7. The lowest BCUT2D eigenvalue weighted by molar-refractivity contribution is 0.172. The van der Waals surface area contributed by atoms with Crippen molar-refractivity contribution in [3.63, 3.8) is 0 Å². The molecule has 0 spiro atoms. The molecule has 0 fully saturated rings. The van der Waals surface area contributed by atoms with Gasteiger partial charge in [-0.1, -0.05) is 30.3 Å². The molecule has 0 aliphatic heterocycles. The number of hydrogen-bond donors (Lipinski definition) is 2. The van der Waals surface area contributed by atoms with E-state index in [-0.39, 0.29) is 29.8 Å². The van der Waals surface area contributed by atoms with Gasteiger partial charge in [0.1, 0.15) is 11.6 Å². The van der Waals surface area contributed by atoms with E-state index in [1.807, 2.05) is 37.3 Å². The number of nitrogens with zero attached hydrogens (tertiary/aromatic N) is 1. The highest BCUT2D eigenvalue weighted by molar-refractivity contribution is 14.0. The zero-order chi connectivity index (χ0) is 19.3. The summed E-state index contributed by atoms with van der Waals surface area (Å²) in [5.41, 5.74) is 1.65. The summed E-state index contributed by atoms with van der Waals surface area (Å²) in [7, 11) is 1.68. The van der Waals surface area contributed by atoms with Crippen LogP contribution in [0.3, 0.4) is 0 Å². The van der Waals surface area contributed by atoms with E-state index in [1.54, 1.807) is 19.2 Å². The van der Waals surface area contributed by atoms with Crippen LogP contribution in [0.4, 0.5) is 4.39 Å². The molecule has 5 nitrogen and oxygen atoms in total. The molecule has 0 aliphatic carbocycles. The quantitative estimate of drug-likeness (QED) is 0.223. The monoisotopic (exact) mass is 501 g/mol. The zero-order valence-electron chi connectivity index (χ0n) is 16.4. The second kappa shape index (κ2) is 14.2. The van der Waals surface area contributed by atoms with Crippen LogP contribution >= 0.6 is 24.0 Å². The predicted molar refractivity (Wildman–Crippen MR) is 122 cm³/mol. The fraction of sp³-hybridized carbons (Fsp3) is 0.381. The number of nitrogens with one attached hydrogen (secondary N) is 2. The van der Waals surface area contributed by atoms with Gasteiger partial charge in [-0.15, -0.1) is 24.0 Å². The molecule has 7 heteroatoms. The average Bonchev–Trinajstić information content (AvgIpc) is 2.69. The van der Waals surface area contributed by atoms with Crippen LogP contribution in [-0.4, -0.2) is 32.8 Å². The van der Waals surface area contributed by atoms with Gasteiger partial charge in [0.15, 0.2) is 5.96 Å². The Morgan fingerprint density at radius 2 is 1.89 bits per heavy atom. The number of ether oxygens (including phenoxy) is 2. The maximum atomic E-state index is 13.7. The van der Waals surface area contributed by atoms with Crippen LogP contribution < -0.4 is 15.4 Å². The molecule has 0 aliphatic rings. The number of guanidine groups is 1. The summed E-state index contributed by atoms with van der Waals surface area (Å²) in [6.07, 6.45) is 0.851. The average molecular weight is 501 g/mol. The Kier molecular flexibility index (Phi) is 12.2. The Labute approximate surface area is 183 Å². The molecule has 28 heavy (non-hydrogen) atoms. The van der Waals surface area contributed by atoms with Gasteiger partial charge >= 0.3 is 0 Å². The van der Waals surface area contributed by atoms with Crippen molar-refractivity contribution < 1.29 is 13.9 Å². The molecule has 0 heterocycles. The van der Waals surface area contributed by atoms with E-state index in [0.717, 1.165) is 24.3 Å². The smallest absolute Gasteiger partial charge is 0.191 e. The van der Waals surface area contributed by atoms with Gasteiger partial charge in [0, 0.05) is 38.8 Å².